The van der Waals surface area contributed by atoms with Crippen LogP contribution in [-0.4, -0.2) is 50.0 Å². The fourth-order valence-electron chi connectivity index (χ4n) is 5.82. The van der Waals surface area contributed by atoms with Crippen LogP contribution < -0.4 is 14.4 Å². The minimum absolute atomic E-state index is 0.0544. The first-order valence-electron chi connectivity index (χ1n) is 15.8. The minimum atomic E-state index is -3.88. The number of hydrogen-bond acceptors (Lipinski definition) is 5. The van der Waals surface area contributed by atoms with Gasteiger partial charge >= 0.3 is 0 Å². The van der Waals surface area contributed by atoms with Crippen LogP contribution in [0.1, 0.15) is 42.4 Å². The van der Waals surface area contributed by atoms with Crippen molar-refractivity contribution in [2.24, 2.45) is 0 Å². The largest absolute Gasteiger partial charge is 0.489 e. The van der Waals surface area contributed by atoms with Crippen LogP contribution in [0.2, 0.25) is 0 Å². The van der Waals surface area contributed by atoms with Gasteiger partial charge in [0.2, 0.25) is 21.8 Å². The fourth-order valence-corrected chi connectivity index (χ4v) is 7.11. The van der Waals surface area contributed by atoms with E-state index in [1.807, 2.05) is 84.9 Å². The number of hydrogen-bond donors (Lipinski definition) is 1. The molecule has 0 spiro atoms. The third-order valence-corrected chi connectivity index (χ3v) is 9.90. The Morgan fingerprint density at radius 3 is 2.09 bits per heavy atom. The second-order valence-electron chi connectivity index (χ2n) is 11.9. The second-order valence-corrected chi connectivity index (χ2v) is 14.7. The molecule has 2 amide bonds. The summed E-state index contributed by atoms with van der Waals surface area (Å²) in [7, 11) is -3.88. The number of nitrogens with one attached hydrogen (secondary N) is 1. The predicted molar refractivity (Wildman–Crippen MR) is 188 cm³/mol. The van der Waals surface area contributed by atoms with Crippen molar-refractivity contribution in [3.63, 3.8) is 0 Å². The van der Waals surface area contributed by atoms with Crippen molar-refractivity contribution in [3.8, 4) is 5.75 Å². The fraction of sp³-hybridized carbons (Fsp3) is 0.297. The zero-order valence-corrected chi connectivity index (χ0v) is 28.8. The molecule has 1 aliphatic rings. The maximum Gasteiger partial charge on any atom is 0.244 e. The van der Waals surface area contributed by atoms with Crippen molar-refractivity contribution in [2.45, 2.75) is 57.3 Å². The van der Waals surface area contributed by atoms with E-state index >= 15 is 0 Å². The molecule has 1 saturated carbocycles. The molecule has 0 radical (unpaired) electrons. The van der Waals surface area contributed by atoms with Crippen molar-refractivity contribution in [3.05, 3.63) is 130 Å². The Morgan fingerprint density at radius 2 is 1.47 bits per heavy atom. The highest BCUT2D eigenvalue weighted by Crippen LogP contribution is 2.25. The molecule has 8 nitrogen and oxygen atoms in total. The Kier molecular flexibility index (Phi) is 11.7. The molecule has 4 aromatic carbocycles. The van der Waals surface area contributed by atoms with Crippen molar-refractivity contribution < 1.29 is 22.7 Å². The Balaban J connectivity index is 1.43. The topological polar surface area (TPSA) is 96.0 Å². The summed E-state index contributed by atoms with van der Waals surface area (Å²) in [4.78, 5) is 29.9. The second kappa shape index (κ2) is 16.1. The van der Waals surface area contributed by atoms with Gasteiger partial charge in [0.05, 0.1) is 11.9 Å². The lowest BCUT2D eigenvalue weighted by molar-refractivity contribution is -0.140. The van der Waals surface area contributed by atoms with Crippen molar-refractivity contribution in [2.75, 3.05) is 17.1 Å². The van der Waals surface area contributed by atoms with Gasteiger partial charge in [-0.05, 0) is 65.9 Å². The first-order chi connectivity index (χ1) is 22.7. The number of anilines is 1. The Morgan fingerprint density at radius 1 is 0.851 bits per heavy atom. The lowest BCUT2D eigenvalue weighted by Gasteiger charge is -2.34. The molecular weight excluding hydrogens is 678 g/mol. The summed E-state index contributed by atoms with van der Waals surface area (Å²) in [6.07, 6.45) is 5.26. The van der Waals surface area contributed by atoms with Gasteiger partial charge in [0, 0.05) is 23.5 Å². The molecule has 0 unspecified atom stereocenters. The smallest absolute Gasteiger partial charge is 0.244 e. The standard InChI is InChI=1S/C37H40BrN3O5S/c1-47(44,45)41(33-19-21-34(22-20-33)46-27-29-13-6-3-7-14-29)26-36(42)40(25-30-15-10-16-31(38)23-30)35(24-28-11-4-2-5-12-28)37(43)39-32-17-8-9-18-32/h2-7,10-16,19-23,32,35H,8-9,17-18,24-27H2,1H3,(H,39,43)/t35-/m0/s1. The first kappa shape index (κ1) is 34.2. The van der Waals surface area contributed by atoms with Gasteiger partial charge in [-0.3, -0.25) is 13.9 Å². The minimum Gasteiger partial charge on any atom is -0.489 e. The van der Waals surface area contributed by atoms with E-state index in [1.54, 1.807) is 24.3 Å². The maximum absolute atomic E-state index is 14.4. The highest BCUT2D eigenvalue weighted by Gasteiger charge is 2.34. The van der Waals surface area contributed by atoms with Gasteiger partial charge in [-0.1, -0.05) is 102 Å². The lowest BCUT2D eigenvalue weighted by Crippen LogP contribution is -2.54. The number of nitrogens with zero attached hydrogens (tertiary/aromatic N) is 2. The van der Waals surface area contributed by atoms with Crippen LogP contribution in [0.3, 0.4) is 0 Å². The number of carbonyl (C=O) groups is 2. The Bertz CT molecular complexity index is 1730. The monoisotopic (exact) mass is 717 g/mol. The molecule has 1 aliphatic carbocycles. The molecule has 1 N–H and O–H groups in total. The van der Waals surface area contributed by atoms with Crippen LogP contribution in [0.5, 0.6) is 5.75 Å². The summed E-state index contributed by atoms with van der Waals surface area (Å²) >= 11 is 3.51. The zero-order valence-electron chi connectivity index (χ0n) is 26.4. The summed E-state index contributed by atoms with van der Waals surface area (Å²) < 4.78 is 34.1. The van der Waals surface area contributed by atoms with Gasteiger partial charge in [-0.2, -0.15) is 0 Å². The van der Waals surface area contributed by atoms with Crippen LogP contribution in [0.4, 0.5) is 5.69 Å². The SMILES string of the molecule is CS(=O)(=O)N(CC(=O)N(Cc1cccc(Br)c1)[C@@H](Cc1ccccc1)C(=O)NC1CCCC1)c1ccc(OCc2ccccc2)cc1. The number of halogens is 1. The van der Waals surface area contributed by atoms with Crippen molar-refractivity contribution in [1.29, 1.82) is 0 Å². The number of sulfonamides is 1. The average Bonchev–Trinajstić information content (AvgIpc) is 3.58. The van der Waals surface area contributed by atoms with Crippen molar-refractivity contribution in [1.82, 2.24) is 10.2 Å². The van der Waals surface area contributed by atoms with Gasteiger partial charge in [0.25, 0.3) is 0 Å². The summed E-state index contributed by atoms with van der Waals surface area (Å²) in [6, 6.07) is 32.7. The molecule has 246 valence electrons. The summed E-state index contributed by atoms with van der Waals surface area (Å²) in [5, 5.41) is 3.19. The van der Waals surface area contributed by atoms with Gasteiger partial charge in [0.15, 0.2) is 0 Å². The van der Waals surface area contributed by atoms with E-state index in [-0.39, 0.29) is 24.9 Å². The lowest BCUT2D eigenvalue weighted by atomic mass is 10.0. The van der Waals surface area contributed by atoms with Gasteiger partial charge in [-0.25, -0.2) is 8.42 Å². The molecule has 1 fully saturated rings. The Hall–Kier alpha value is -4.15. The molecular formula is C37H40BrN3O5S. The highest BCUT2D eigenvalue weighted by molar-refractivity contribution is 9.10. The van der Waals surface area contributed by atoms with Gasteiger partial charge in [-0.15, -0.1) is 0 Å². The molecule has 0 bridgehead atoms. The average molecular weight is 719 g/mol. The van der Waals surface area contributed by atoms with E-state index < -0.39 is 28.5 Å². The molecule has 47 heavy (non-hydrogen) atoms. The van der Waals surface area contributed by atoms with E-state index in [2.05, 4.69) is 21.2 Å². The zero-order chi connectivity index (χ0) is 33.2. The number of benzene rings is 4. The van der Waals surface area contributed by atoms with Gasteiger partial charge < -0.3 is 15.0 Å². The number of amides is 2. The quantitative estimate of drug-likeness (QED) is 0.161. The van der Waals surface area contributed by atoms with Crippen LogP contribution in [0, 0.1) is 0 Å². The van der Waals surface area contributed by atoms with E-state index in [9.17, 15) is 18.0 Å². The molecule has 0 aliphatic heterocycles. The van der Waals surface area contributed by atoms with Gasteiger partial charge in [0.1, 0.15) is 24.9 Å². The van der Waals surface area contributed by atoms with Crippen LogP contribution in [-0.2, 0) is 39.2 Å². The van der Waals surface area contributed by atoms with E-state index in [4.69, 9.17) is 4.74 Å². The maximum atomic E-state index is 14.4. The highest BCUT2D eigenvalue weighted by atomic mass is 79.9. The molecule has 5 rings (SSSR count). The molecule has 10 heteroatoms. The third-order valence-electron chi connectivity index (χ3n) is 8.27. The number of carbonyl (C=O) groups excluding carboxylic acids is 2. The van der Waals surface area contributed by atoms with E-state index in [0.29, 0.717) is 18.0 Å². The number of rotatable bonds is 14. The van der Waals surface area contributed by atoms with Crippen molar-refractivity contribution >= 4 is 43.5 Å². The normalized spacial score (nSPS) is 13.9. The molecule has 0 saturated heterocycles. The molecule has 0 heterocycles. The van der Waals surface area contributed by atoms with Crippen LogP contribution in [0.15, 0.2) is 114 Å². The summed E-state index contributed by atoms with van der Waals surface area (Å²) in [5.41, 5.74) is 3.04. The summed E-state index contributed by atoms with van der Waals surface area (Å²) in [5.74, 6) is -0.155. The van der Waals surface area contributed by atoms with Crippen LogP contribution in [0.25, 0.3) is 0 Å². The molecule has 4 aromatic rings. The molecule has 0 aromatic heterocycles. The number of ether oxygens (including phenoxy) is 1. The van der Waals surface area contributed by atoms with E-state index in [1.165, 1.54) is 4.90 Å². The first-order valence-corrected chi connectivity index (χ1v) is 18.4. The third kappa shape index (κ3) is 9.92. The summed E-state index contributed by atoms with van der Waals surface area (Å²) in [6.45, 7) is 0.0154. The van der Waals surface area contributed by atoms with E-state index in [0.717, 1.165) is 57.4 Å². The molecule has 1 atom stereocenters. The Labute approximate surface area is 285 Å². The predicted octanol–water partition coefficient (Wildman–Crippen LogP) is 6.49. The van der Waals surface area contributed by atoms with Crippen LogP contribution >= 0.6 is 15.9 Å².